The molecule has 28 heavy (non-hydrogen) atoms. The topological polar surface area (TPSA) is 80.0 Å². The number of Topliss-reactive ketones (excluding diaryl/α,β-unsaturated/α-hetero) is 1. The van der Waals surface area contributed by atoms with Gasteiger partial charge in [-0.1, -0.05) is 30.3 Å². The summed E-state index contributed by atoms with van der Waals surface area (Å²) in [5.41, 5.74) is 1.56. The van der Waals surface area contributed by atoms with Crippen LogP contribution in [0.2, 0.25) is 0 Å². The summed E-state index contributed by atoms with van der Waals surface area (Å²) in [6, 6.07) is 12.3. The summed E-state index contributed by atoms with van der Waals surface area (Å²) in [6.45, 7) is 4.64. The molecule has 0 amide bonds. The van der Waals surface area contributed by atoms with E-state index in [1.807, 2.05) is 30.3 Å². The number of rotatable bonds is 4. The van der Waals surface area contributed by atoms with Gasteiger partial charge in [-0.15, -0.1) is 0 Å². The highest BCUT2D eigenvalue weighted by molar-refractivity contribution is 6.03. The fourth-order valence-corrected chi connectivity index (χ4v) is 3.52. The molecule has 1 aromatic heterocycles. The summed E-state index contributed by atoms with van der Waals surface area (Å²) < 4.78 is 11.5. The predicted octanol–water partition coefficient (Wildman–Crippen LogP) is 3.20. The van der Waals surface area contributed by atoms with Gasteiger partial charge in [0.05, 0.1) is 18.8 Å². The van der Waals surface area contributed by atoms with Crippen LogP contribution in [-0.2, 0) is 11.3 Å². The number of fused-ring (bicyclic) bond motifs is 1. The van der Waals surface area contributed by atoms with Gasteiger partial charge >= 0.3 is 0 Å². The third-order valence-corrected chi connectivity index (χ3v) is 4.99. The fourth-order valence-electron chi connectivity index (χ4n) is 3.52. The maximum absolute atomic E-state index is 12.8. The van der Waals surface area contributed by atoms with Gasteiger partial charge in [0.2, 0.25) is 0 Å². The molecule has 6 nitrogen and oxygen atoms in total. The van der Waals surface area contributed by atoms with Gasteiger partial charge in [-0.2, -0.15) is 0 Å². The first kappa shape index (κ1) is 18.4. The number of ether oxygens (including phenoxy) is 1. The zero-order valence-electron chi connectivity index (χ0n) is 15.6. The van der Waals surface area contributed by atoms with E-state index >= 15 is 0 Å². The number of benzene rings is 2. The SMILES string of the molecule is CC(=O)c1cc(CN2CCOCC2)c2oc(-c3ccccc3)cc(=O)c2c1O. The number of carbonyl (C=O) groups is 1. The average molecular weight is 379 g/mol. The van der Waals surface area contributed by atoms with Gasteiger partial charge in [0.15, 0.2) is 11.2 Å². The molecule has 0 aliphatic carbocycles. The lowest BCUT2D eigenvalue weighted by Gasteiger charge is -2.27. The van der Waals surface area contributed by atoms with E-state index in [1.54, 1.807) is 6.07 Å². The lowest BCUT2D eigenvalue weighted by molar-refractivity contribution is 0.0342. The van der Waals surface area contributed by atoms with Crippen molar-refractivity contribution in [3.05, 3.63) is 63.8 Å². The summed E-state index contributed by atoms with van der Waals surface area (Å²) in [5, 5.41) is 10.6. The number of nitrogens with zero attached hydrogens (tertiary/aromatic N) is 1. The minimum Gasteiger partial charge on any atom is -0.506 e. The van der Waals surface area contributed by atoms with Crippen LogP contribution in [-0.4, -0.2) is 42.1 Å². The van der Waals surface area contributed by atoms with E-state index in [9.17, 15) is 14.7 Å². The molecule has 0 bridgehead atoms. The molecule has 3 aromatic rings. The second-order valence-electron chi connectivity index (χ2n) is 6.92. The normalized spacial score (nSPS) is 15.0. The molecule has 144 valence electrons. The number of morpholine rings is 1. The molecule has 1 fully saturated rings. The molecule has 0 radical (unpaired) electrons. The van der Waals surface area contributed by atoms with Crippen molar-refractivity contribution in [2.24, 2.45) is 0 Å². The second kappa shape index (κ2) is 7.58. The standard InChI is InChI=1S/C22H21NO5/c1-14(24)17-11-16(13-23-7-9-27-10-8-23)22-20(21(17)26)18(25)12-19(28-22)15-5-3-2-4-6-15/h2-6,11-12,26H,7-10,13H2,1H3. The van der Waals surface area contributed by atoms with Crippen molar-refractivity contribution in [3.8, 4) is 17.1 Å². The second-order valence-corrected chi connectivity index (χ2v) is 6.92. The molecule has 2 heterocycles. The van der Waals surface area contributed by atoms with Crippen LogP contribution in [0.4, 0.5) is 0 Å². The van der Waals surface area contributed by atoms with Gasteiger partial charge in [-0.05, 0) is 13.0 Å². The number of phenolic OH excluding ortho intramolecular Hbond substituents is 1. The summed E-state index contributed by atoms with van der Waals surface area (Å²) in [5.74, 6) is -0.188. The first-order valence-corrected chi connectivity index (χ1v) is 9.24. The maximum Gasteiger partial charge on any atom is 0.197 e. The highest BCUT2D eigenvalue weighted by atomic mass is 16.5. The van der Waals surface area contributed by atoms with Gasteiger partial charge in [-0.3, -0.25) is 14.5 Å². The number of hydrogen-bond donors (Lipinski definition) is 1. The van der Waals surface area contributed by atoms with Gasteiger partial charge in [0.1, 0.15) is 22.5 Å². The molecule has 1 saturated heterocycles. The smallest absolute Gasteiger partial charge is 0.197 e. The molecule has 2 aromatic carbocycles. The predicted molar refractivity (Wildman–Crippen MR) is 106 cm³/mol. The van der Waals surface area contributed by atoms with Gasteiger partial charge in [0.25, 0.3) is 0 Å². The van der Waals surface area contributed by atoms with E-state index in [-0.39, 0.29) is 27.9 Å². The van der Waals surface area contributed by atoms with E-state index in [2.05, 4.69) is 4.90 Å². The number of aromatic hydroxyl groups is 1. The van der Waals surface area contributed by atoms with Crippen molar-refractivity contribution in [2.45, 2.75) is 13.5 Å². The minimum atomic E-state index is -0.371. The van der Waals surface area contributed by atoms with Gasteiger partial charge < -0.3 is 14.3 Å². The Labute approximate surface area is 162 Å². The molecule has 0 unspecified atom stereocenters. The molecule has 1 aliphatic heterocycles. The Morgan fingerprint density at radius 1 is 1.14 bits per heavy atom. The lowest BCUT2D eigenvalue weighted by Crippen LogP contribution is -2.35. The molecule has 0 spiro atoms. The zero-order chi connectivity index (χ0) is 19.7. The zero-order valence-corrected chi connectivity index (χ0v) is 15.6. The van der Waals surface area contributed by atoms with Crippen LogP contribution in [0.25, 0.3) is 22.3 Å². The number of carbonyl (C=O) groups excluding carboxylic acids is 1. The first-order chi connectivity index (χ1) is 13.5. The molecule has 0 saturated carbocycles. The molecule has 4 rings (SSSR count). The molecule has 0 atom stereocenters. The third-order valence-electron chi connectivity index (χ3n) is 4.99. The van der Waals surface area contributed by atoms with E-state index in [0.29, 0.717) is 36.7 Å². The quantitative estimate of drug-likeness (QED) is 0.701. The fraction of sp³-hybridized carbons (Fsp3) is 0.273. The molecular weight excluding hydrogens is 358 g/mol. The monoisotopic (exact) mass is 379 g/mol. The van der Waals surface area contributed by atoms with E-state index in [0.717, 1.165) is 18.7 Å². The Morgan fingerprint density at radius 2 is 1.86 bits per heavy atom. The van der Waals surface area contributed by atoms with Crippen molar-refractivity contribution in [2.75, 3.05) is 26.3 Å². The van der Waals surface area contributed by atoms with E-state index < -0.39 is 0 Å². The highest BCUT2D eigenvalue weighted by Crippen LogP contribution is 2.33. The van der Waals surface area contributed by atoms with Gasteiger partial charge in [-0.25, -0.2) is 0 Å². The van der Waals surface area contributed by atoms with Crippen LogP contribution in [0.1, 0.15) is 22.8 Å². The van der Waals surface area contributed by atoms with Crippen molar-refractivity contribution >= 4 is 16.8 Å². The lowest BCUT2D eigenvalue weighted by atomic mass is 10.0. The largest absolute Gasteiger partial charge is 0.506 e. The third kappa shape index (κ3) is 3.44. The van der Waals surface area contributed by atoms with Crippen LogP contribution in [0, 0.1) is 0 Å². The molecule has 1 aliphatic rings. The molecular formula is C22H21NO5. The molecule has 1 N–H and O–H groups in total. The number of hydrogen-bond acceptors (Lipinski definition) is 6. The Bertz CT molecular complexity index is 1080. The van der Waals surface area contributed by atoms with E-state index in [4.69, 9.17) is 9.15 Å². The maximum atomic E-state index is 12.8. The Kier molecular flexibility index (Phi) is 4.98. The summed E-state index contributed by atoms with van der Waals surface area (Å²) in [7, 11) is 0. The number of phenols is 1. The van der Waals surface area contributed by atoms with Crippen LogP contribution in [0.15, 0.2) is 51.7 Å². The minimum absolute atomic E-state index is 0.0515. The molecule has 6 heteroatoms. The summed E-state index contributed by atoms with van der Waals surface area (Å²) >= 11 is 0. The van der Waals surface area contributed by atoms with Crippen LogP contribution in [0.3, 0.4) is 0 Å². The average Bonchev–Trinajstić information content (AvgIpc) is 2.71. The Morgan fingerprint density at radius 3 is 2.54 bits per heavy atom. The van der Waals surface area contributed by atoms with Crippen molar-refractivity contribution in [1.82, 2.24) is 4.90 Å². The van der Waals surface area contributed by atoms with Gasteiger partial charge in [0, 0.05) is 36.8 Å². The summed E-state index contributed by atoms with van der Waals surface area (Å²) in [4.78, 5) is 27.1. The van der Waals surface area contributed by atoms with E-state index in [1.165, 1.54) is 13.0 Å². The van der Waals surface area contributed by atoms with Crippen LogP contribution < -0.4 is 5.43 Å². The van der Waals surface area contributed by atoms with Crippen molar-refractivity contribution in [1.29, 1.82) is 0 Å². The number of ketones is 1. The summed E-state index contributed by atoms with van der Waals surface area (Å²) in [6.07, 6.45) is 0. The highest BCUT2D eigenvalue weighted by Gasteiger charge is 2.22. The Hall–Kier alpha value is -2.96. The van der Waals surface area contributed by atoms with Crippen LogP contribution in [0.5, 0.6) is 5.75 Å². The van der Waals surface area contributed by atoms with Crippen LogP contribution >= 0.6 is 0 Å². The van der Waals surface area contributed by atoms with Crippen molar-refractivity contribution < 1.29 is 19.1 Å². The first-order valence-electron chi connectivity index (χ1n) is 9.24. The Balaban J connectivity index is 1.93. The van der Waals surface area contributed by atoms with Crippen molar-refractivity contribution in [3.63, 3.8) is 0 Å².